The van der Waals surface area contributed by atoms with Crippen LogP contribution in [0.1, 0.15) is 27.2 Å². The van der Waals surface area contributed by atoms with Gasteiger partial charge < -0.3 is 20.6 Å². The first kappa shape index (κ1) is 19.7. The fraction of sp³-hybridized carbons (Fsp3) is 0.222. The van der Waals surface area contributed by atoms with Crippen molar-refractivity contribution in [2.75, 3.05) is 23.6 Å². The Hall–Kier alpha value is -2.08. The summed E-state index contributed by atoms with van der Waals surface area (Å²) in [6.07, 6.45) is 1.86. The number of amides is 1. The maximum atomic E-state index is 12.6. The quantitative estimate of drug-likeness (QED) is 0.322. The molecule has 7 nitrogen and oxygen atoms in total. The topological polar surface area (TPSA) is 111 Å². The van der Waals surface area contributed by atoms with Crippen molar-refractivity contribution in [3.05, 3.63) is 52.8 Å². The second-order valence-corrected chi connectivity index (χ2v) is 8.14. The van der Waals surface area contributed by atoms with Crippen molar-refractivity contribution >= 4 is 51.4 Å². The number of carbonyl (C=O) groups is 1. The molecule has 1 aliphatic heterocycles. The van der Waals surface area contributed by atoms with Gasteiger partial charge in [-0.1, -0.05) is 0 Å². The van der Waals surface area contributed by atoms with E-state index >= 15 is 0 Å². The van der Waals surface area contributed by atoms with Gasteiger partial charge in [-0.25, -0.2) is 4.98 Å². The fourth-order valence-electron chi connectivity index (χ4n) is 2.69. The van der Waals surface area contributed by atoms with Gasteiger partial charge in [0.15, 0.2) is 0 Å². The molecule has 0 radical (unpaired) electrons. The van der Waals surface area contributed by atoms with Crippen LogP contribution < -0.4 is 10.4 Å². The predicted molar refractivity (Wildman–Crippen MR) is 115 cm³/mol. The van der Waals surface area contributed by atoms with E-state index < -0.39 is 0 Å². The first-order chi connectivity index (χ1) is 13.0. The van der Waals surface area contributed by atoms with E-state index in [-0.39, 0.29) is 17.5 Å². The van der Waals surface area contributed by atoms with Gasteiger partial charge >= 0.3 is 0 Å². The Morgan fingerprint density at radius 3 is 2.81 bits per heavy atom. The third-order valence-corrected chi connectivity index (χ3v) is 5.39. The molecular weight excluding hydrogens is 476 g/mol. The zero-order chi connectivity index (χ0) is 19.4. The molecule has 1 unspecified atom stereocenters. The third-order valence-electron chi connectivity index (χ3n) is 4.22. The minimum absolute atomic E-state index is 0.0801. The highest BCUT2D eigenvalue weighted by molar-refractivity contribution is 14.2. The molecule has 0 saturated carbocycles. The molecular formula is C18H17IN5O2P. The van der Waals surface area contributed by atoms with Gasteiger partial charge in [0, 0.05) is 41.1 Å². The summed E-state index contributed by atoms with van der Waals surface area (Å²) in [5.41, 5.74) is 4.04. The molecule has 1 aliphatic rings. The Bertz CT molecular complexity index is 940. The summed E-state index contributed by atoms with van der Waals surface area (Å²) in [5, 5.41) is 23.5. The number of benzene rings is 1. The van der Waals surface area contributed by atoms with E-state index in [1.807, 2.05) is 12.1 Å². The van der Waals surface area contributed by atoms with E-state index in [1.54, 1.807) is 25.1 Å². The SMILES string of the molecule is Cc1cc(C#N)cnc1C(=O)Nc1ccc(NPI)c(C(=N)C2COC2)c1. The number of anilines is 2. The Labute approximate surface area is 171 Å². The van der Waals surface area contributed by atoms with Gasteiger partial charge in [0.25, 0.3) is 5.91 Å². The van der Waals surface area contributed by atoms with E-state index in [4.69, 9.17) is 15.4 Å². The lowest BCUT2D eigenvalue weighted by atomic mass is 9.94. The highest BCUT2D eigenvalue weighted by Gasteiger charge is 2.26. The second kappa shape index (κ2) is 8.74. The molecule has 2 heterocycles. The van der Waals surface area contributed by atoms with Crippen LogP contribution in [0.5, 0.6) is 0 Å². The zero-order valence-electron chi connectivity index (χ0n) is 14.5. The summed E-state index contributed by atoms with van der Waals surface area (Å²) in [4.78, 5) is 16.7. The summed E-state index contributed by atoms with van der Waals surface area (Å²) < 4.78 is 5.20. The predicted octanol–water partition coefficient (Wildman–Crippen LogP) is 3.88. The number of rotatable bonds is 6. The van der Waals surface area contributed by atoms with Crippen molar-refractivity contribution in [3.8, 4) is 6.07 Å². The average Bonchev–Trinajstić information content (AvgIpc) is 2.61. The molecule has 1 saturated heterocycles. The Balaban J connectivity index is 1.85. The maximum absolute atomic E-state index is 12.6. The molecule has 0 spiro atoms. The van der Waals surface area contributed by atoms with E-state index in [0.29, 0.717) is 42.1 Å². The summed E-state index contributed by atoms with van der Waals surface area (Å²) in [5.74, 6) is -0.269. The molecule has 1 aromatic carbocycles. The van der Waals surface area contributed by atoms with Crippen molar-refractivity contribution in [3.63, 3.8) is 0 Å². The number of nitriles is 1. The Morgan fingerprint density at radius 2 is 2.22 bits per heavy atom. The van der Waals surface area contributed by atoms with Gasteiger partial charge in [-0.2, -0.15) is 5.26 Å². The van der Waals surface area contributed by atoms with Gasteiger partial charge in [-0.05, 0) is 58.8 Å². The lowest BCUT2D eigenvalue weighted by Gasteiger charge is -2.28. The zero-order valence-corrected chi connectivity index (χ0v) is 17.6. The van der Waals surface area contributed by atoms with Crippen LogP contribution in [0.15, 0.2) is 30.5 Å². The smallest absolute Gasteiger partial charge is 0.274 e. The highest BCUT2D eigenvalue weighted by atomic mass is 127. The van der Waals surface area contributed by atoms with Crippen LogP contribution in [0.25, 0.3) is 0 Å². The highest BCUT2D eigenvalue weighted by Crippen LogP contribution is 2.31. The third kappa shape index (κ3) is 4.43. The van der Waals surface area contributed by atoms with E-state index in [0.717, 1.165) is 11.3 Å². The number of hydrogen-bond acceptors (Lipinski definition) is 6. The molecule has 1 atom stereocenters. The first-order valence-electron chi connectivity index (χ1n) is 8.14. The number of ether oxygens (including phenoxy) is 1. The lowest BCUT2D eigenvalue weighted by Crippen LogP contribution is -2.35. The molecule has 2 aromatic rings. The summed E-state index contributed by atoms with van der Waals surface area (Å²) in [7, 11) is 0. The molecule has 3 rings (SSSR count). The summed E-state index contributed by atoms with van der Waals surface area (Å²) >= 11 is 2.24. The molecule has 1 fully saturated rings. The van der Waals surface area contributed by atoms with Crippen LogP contribution in [-0.2, 0) is 4.74 Å². The van der Waals surface area contributed by atoms with Gasteiger partial charge in [0.1, 0.15) is 11.8 Å². The Morgan fingerprint density at radius 1 is 1.44 bits per heavy atom. The van der Waals surface area contributed by atoms with Crippen molar-refractivity contribution in [1.29, 1.82) is 10.7 Å². The molecule has 1 aromatic heterocycles. The van der Waals surface area contributed by atoms with Crippen LogP contribution in [-0.4, -0.2) is 29.8 Å². The summed E-state index contributed by atoms with van der Waals surface area (Å²) in [6, 6.07) is 9.10. The minimum Gasteiger partial charge on any atom is -0.380 e. The standard InChI is InChI=1S/C18H17IN5O2P/c1-10-4-11(6-20)7-22-17(10)18(25)23-13-2-3-15(24-27-19)14(5-13)16(21)12-8-26-9-12/h2-5,7,12,21,24,27H,8-9H2,1H3,(H,23,25). The second-order valence-electron chi connectivity index (χ2n) is 6.08. The molecule has 27 heavy (non-hydrogen) atoms. The van der Waals surface area contributed by atoms with Gasteiger partial charge in [-0.3, -0.25) is 4.79 Å². The van der Waals surface area contributed by atoms with Crippen LogP contribution in [0, 0.1) is 29.6 Å². The first-order valence-corrected chi connectivity index (χ1v) is 12.2. The van der Waals surface area contributed by atoms with Crippen molar-refractivity contribution in [1.82, 2.24) is 4.98 Å². The van der Waals surface area contributed by atoms with Gasteiger partial charge in [-0.15, -0.1) is 0 Å². The van der Waals surface area contributed by atoms with Crippen LogP contribution >= 0.6 is 28.4 Å². The van der Waals surface area contributed by atoms with E-state index in [2.05, 4.69) is 37.4 Å². The van der Waals surface area contributed by atoms with Crippen molar-refractivity contribution in [2.24, 2.45) is 5.92 Å². The lowest BCUT2D eigenvalue weighted by molar-refractivity contribution is 0.00184. The maximum Gasteiger partial charge on any atom is 0.274 e. The largest absolute Gasteiger partial charge is 0.380 e. The molecule has 0 aliphatic carbocycles. The van der Waals surface area contributed by atoms with Crippen LogP contribution in [0.2, 0.25) is 0 Å². The number of pyridine rings is 1. The monoisotopic (exact) mass is 493 g/mol. The molecule has 3 N–H and O–H groups in total. The number of nitrogens with zero attached hydrogens (tertiary/aromatic N) is 2. The number of hydrogen-bond donors (Lipinski definition) is 3. The number of aromatic nitrogens is 1. The van der Waals surface area contributed by atoms with Gasteiger partial charge in [0.05, 0.1) is 18.8 Å². The Kier molecular flexibility index (Phi) is 6.37. The fourth-order valence-corrected chi connectivity index (χ4v) is 3.88. The normalized spacial score (nSPS) is 13.8. The number of halogens is 1. The van der Waals surface area contributed by atoms with E-state index in [9.17, 15) is 4.79 Å². The average molecular weight is 493 g/mol. The van der Waals surface area contributed by atoms with Crippen LogP contribution in [0.3, 0.4) is 0 Å². The van der Waals surface area contributed by atoms with E-state index in [1.165, 1.54) is 6.20 Å². The number of aryl methyl sites for hydroxylation is 1. The molecule has 138 valence electrons. The van der Waals surface area contributed by atoms with Crippen molar-refractivity contribution in [2.45, 2.75) is 6.92 Å². The number of carbonyl (C=O) groups excluding carboxylic acids is 1. The molecule has 1 amide bonds. The molecule has 9 heteroatoms. The van der Waals surface area contributed by atoms with Gasteiger partial charge in [0.2, 0.25) is 0 Å². The summed E-state index contributed by atoms with van der Waals surface area (Å²) in [6.45, 7) is 2.85. The number of nitrogens with one attached hydrogen (secondary N) is 3. The minimum atomic E-state index is -0.349. The van der Waals surface area contributed by atoms with Crippen LogP contribution in [0.4, 0.5) is 11.4 Å². The molecule has 0 bridgehead atoms. The van der Waals surface area contributed by atoms with Crippen molar-refractivity contribution < 1.29 is 9.53 Å².